The van der Waals surface area contributed by atoms with E-state index >= 15 is 0 Å². The first kappa shape index (κ1) is 14.3. The van der Waals surface area contributed by atoms with E-state index in [9.17, 15) is 0 Å². The highest BCUT2D eigenvalue weighted by Gasteiger charge is 2.02. The van der Waals surface area contributed by atoms with Gasteiger partial charge in [0.2, 0.25) is 5.95 Å². The fourth-order valence-corrected chi connectivity index (χ4v) is 2.00. The summed E-state index contributed by atoms with van der Waals surface area (Å²) >= 11 is 0. The predicted molar refractivity (Wildman–Crippen MR) is 83.8 cm³/mol. The molecule has 0 fully saturated rings. The molecular formula is C16H22N4. The van der Waals surface area contributed by atoms with Gasteiger partial charge in [-0.2, -0.15) is 0 Å². The zero-order valence-electron chi connectivity index (χ0n) is 12.2. The lowest BCUT2D eigenvalue weighted by Crippen LogP contribution is -2.10. The molecule has 0 aliphatic carbocycles. The Balaban J connectivity index is 1.94. The minimum absolute atomic E-state index is 0.733. The summed E-state index contributed by atoms with van der Waals surface area (Å²) in [7, 11) is 0. The third-order valence-corrected chi connectivity index (χ3v) is 3.23. The van der Waals surface area contributed by atoms with Gasteiger partial charge in [-0.3, -0.25) is 0 Å². The number of nitrogen functional groups attached to an aromatic ring is 1. The molecule has 106 valence electrons. The lowest BCUT2D eigenvalue weighted by Gasteiger charge is -2.08. The van der Waals surface area contributed by atoms with Gasteiger partial charge in [-0.15, -0.1) is 0 Å². The van der Waals surface area contributed by atoms with Crippen molar-refractivity contribution < 1.29 is 0 Å². The van der Waals surface area contributed by atoms with E-state index < -0.39 is 0 Å². The Morgan fingerprint density at radius 2 is 1.60 bits per heavy atom. The molecule has 0 saturated carbocycles. The van der Waals surface area contributed by atoms with Crippen molar-refractivity contribution in [2.45, 2.75) is 33.1 Å². The average molecular weight is 270 g/mol. The lowest BCUT2D eigenvalue weighted by atomic mass is 10.1. The van der Waals surface area contributed by atoms with E-state index in [1.54, 1.807) is 0 Å². The van der Waals surface area contributed by atoms with E-state index in [0.717, 1.165) is 48.8 Å². The monoisotopic (exact) mass is 270 g/mol. The van der Waals surface area contributed by atoms with Crippen LogP contribution in [-0.2, 0) is 19.3 Å². The summed E-state index contributed by atoms with van der Waals surface area (Å²) in [6.07, 6.45) is 2.80. The molecule has 0 saturated heterocycles. The number of nitrogens with one attached hydrogen (secondary N) is 1. The van der Waals surface area contributed by atoms with Crippen molar-refractivity contribution in [1.82, 2.24) is 9.97 Å². The molecule has 2 aromatic rings. The van der Waals surface area contributed by atoms with Gasteiger partial charge in [-0.25, -0.2) is 9.97 Å². The molecule has 1 aromatic carbocycles. The first-order valence-electron chi connectivity index (χ1n) is 7.16. The number of nitrogens with zero attached hydrogens (tertiary/aromatic N) is 2. The van der Waals surface area contributed by atoms with Crippen LogP contribution in [0.15, 0.2) is 30.3 Å². The Hall–Kier alpha value is -2.10. The fraction of sp³-hybridized carbons (Fsp3) is 0.375. The highest BCUT2D eigenvalue weighted by molar-refractivity contribution is 5.39. The Morgan fingerprint density at radius 3 is 2.15 bits per heavy atom. The number of anilines is 2. The summed E-state index contributed by atoms with van der Waals surface area (Å²) in [5.41, 5.74) is 9.91. The van der Waals surface area contributed by atoms with Crippen molar-refractivity contribution in [3.8, 4) is 0 Å². The van der Waals surface area contributed by atoms with Crippen LogP contribution in [0.3, 0.4) is 0 Å². The molecule has 4 heteroatoms. The topological polar surface area (TPSA) is 63.8 Å². The smallest absolute Gasteiger partial charge is 0.223 e. The minimum atomic E-state index is 0.733. The molecule has 3 N–H and O–H groups in total. The maximum Gasteiger partial charge on any atom is 0.223 e. The normalized spacial score (nSPS) is 10.5. The molecular weight excluding hydrogens is 248 g/mol. The van der Waals surface area contributed by atoms with Gasteiger partial charge in [-0.1, -0.05) is 26.0 Å². The minimum Gasteiger partial charge on any atom is -0.399 e. The van der Waals surface area contributed by atoms with Crippen molar-refractivity contribution in [3.05, 3.63) is 47.3 Å². The quantitative estimate of drug-likeness (QED) is 0.792. The molecule has 0 unspecified atom stereocenters. The molecule has 1 aromatic heterocycles. The van der Waals surface area contributed by atoms with Gasteiger partial charge in [0.1, 0.15) is 0 Å². The zero-order valence-corrected chi connectivity index (χ0v) is 12.2. The molecule has 0 amide bonds. The summed E-state index contributed by atoms with van der Waals surface area (Å²) in [6.45, 7) is 5.04. The van der Waals surface area contributed by atoms with Crippen LogP contribution in [0.1, 0.15) is 30.8 Å². The van der Waals surface area contributed by atoms with E-state index in [-0.39, 0.29) is 0 Å². The van der Waals surface area contributed by atoms with Crippen molar-refractivity contribution in [2.24, 2.45) is 0 Å². The number of aryl methyl sites for hydroxylation is 2. The van der Waals surface area contributed by atoms with Crippen molar-refractivity contribution in [1.29, 1.82) is 0 Å². The van der Waals surface area contributed by atoms with Gasteiger partial charge in [0.25, 0.3) is 0 Å². The molecule has 20 heavy (non-hydrogen) atoms. The summed E-state index contributed by atoms with van der Waals surface area (Å²) < 4.78 is 0. The van der Waals surface area contributed by atoms with Crippen molar-refractivity contribution >= 4 is 11.6 Å². The van der Waals surface area contributed by atoms with Gasteiger partial charge in [0.05, 0.1) is 0 Å². The van der Waals surface area contributed by atoms with Crippen LogP contribution < -0.4 is 11.1 Å². The second-order valence-electron chi connectivity index (χ2n) is 4.80. The van der Waals surface area contributed by atoms with E-state index in [4.69, 9.17) is 5.73 Å². The highest BCUT2D eigenvalue weighted by atomic mass is 15.1. The second kappa shape index (κ2) is 6.89. The number of hydrogen-bond donors (Lipinski definition) is 2. The van der Waals surface area contributed by atoms with E-state index in [2.05, 4.69) is 47.3 Å². The number of nitrogens with two attached hydrogens (primary N) is 1. The second-order valence-corrected chi connectivity index (χ2v) is 4.80. The van der Waals surface area contributed by atoms with E-state index in [1.807, 2.05) is 12.1 Å². The molecule has 4 nitrogen and oxygen atoms in total. The van der Waals surface area contributed by atoms with Crippen LogP contribution in [0.2, 0.25) is 0 Å². The SMILES string of the molecule is CCc1cc(CC)nc(NCCc2ccc(N)cc2)n1. The zero-order chi connectivity index (χ0) is 14.4. The van der Waals surface area contributed by atoms with Crippen LogP contribution in [-0.4, -0.2) is 16.5 Å². The van der Waals surface area contributed by atoms with Gasteiger partial charge >= 0.3 is 0 Å². The maximum atomic E-state index is 5.67. The van der Waals surface area contributed by atoms with Crippen molar-refractivity contribution in [2.75, 3.05) is 17.6 Å². The summed E-state index contributed by atoms with van der Waals surface area (Å²) in [6, 6.07) is 10.0. The number of aromatic nitrogens is 2. The third-order valence-electron chi connectivity index (χ3n) is 3.23. The van der Waals surface area contributed by atoms with Crippen molar-refractivity contribution in [3.63, 3.8) is 0 Å². The fourth-order valence-electron chi connectivity index (χ4n) is 2.00. The number of rotatable bonds is 6. The van der Waals surface area contributed by atoms with Gasteiger partial charge < -0.3 is 11.1 Å². The molecule has 0 spiro atoms. The lowest BCUT2D eigenvalue weighted by molar-refractivity contribution is 0.912. The Kier molecular flexibility index (Phi) is 4.93. The molecule has 0 atom stereocenters. The van der Waals surface area contributed by atoms with E-state index in [0.29, 0.717) is 0 Å². The first-order valence-corrected chi connectivity index (χ1v) is 7.16. The predicted octanol–water partition coefficient (Wildman–Crippen LogP) is 2.84. The Morgan fingerprint density at radius 1 is 1.00 bits per heavy atom. The largest absolute Gasteiger partial charge is 0.399 e. The van der Waals surface area contributed by atoms with E-state index in [1.165, 1.54) is 5.56 Å². The standard InChI is InChI=1S/C16H22N4/c1-3-14-11-15(4-2)20-16(19-14)18-10-9-12-5-7-13(17)8-6-12/h5-8,11H,3-4,9-10,17H2,1-2H3,(H,18,19,20). The third kappa shape index (κ3) is 3.95. The highest BCUT2D eigenvalue weighted by Crippen LogP contribution is 2.09. The molecule has 2 rings (SSSR count). The summed E-state index contributed by atoms with van der Waals surface area (Å²) in [5, 5.41) is 3.30. The molecule has 0 radical (unpaired) electrons. The summed E-state index contributed by atoms with van der Waals surface area (Å²) in [4.78, 5) is 9.01. The first-order chi connectivity index (χ1) is 9.71. The van der Waals surface area contributed by atoms with Gasteiger partial charge in [-0.05, 0) is 43.0 Å². The summed E-state index contributed by atoms with van der Waals surface area (Å²) in [5.74, 6) is 0.733. The molecule has 0 aliphatic rings. The maximum absolute atomic E-state index is 5.67. The van der Waals surface area contributed by atoms with Gasteiger partial charge in [0, 0.05) is 23.6 Å². The van der Waals surface area contributed by atoms with Crippen LogP contribution in [0.4, 0.5) is 11.6 Å². The average Bonchev–Trinajstić information content (AvgIpc) is 2.49. The Bertz CT molecular complexity index is 527. The van der Waals surface area contributed by atoms with Crippen LogP contribution in [0.5, 0.6) is 0 Å². The van der Waals surface area contributed by atoms with Gasteiger partial charge in [0.15, 0.2) is 0 Å². The van der Waals surface area contributed by atoms with Crippen LogP contribution >= 0.6 is 0 Å². The molecule has 0 aliphatic heterocycles. The molecule has 0 bridgehead atoms. The number of hydrogen-bond acceptors (Lipinski definition) is 4. The Labute approximate surface area is 120 Å². The number of benzene rings is 1. The molecule has 1 heterocycles. The van der Waals surface area contributed by atoms with Crippen LogP contribution in [0, 0.1) is 0 Å². The van der Waals surface area contributed by atoms with Crippen LogP contribution in [0.25, 0.3) is 0 Å².